The highest BCUT2D eigenvalue weighted by molar-refractivity contribution is 6.00. The molecule has 1 fully saturated rings. The van der Waals surface area contributed by atoms with Gasteiger partial charge >= 0.3 is 0 Å². The van der Waals surface area contributed by atoms with Crippen molar-refractivity contribution < 1.29 is 19.4 Å². The van der Waals surface area contributed by atoms with Crippen LogP contribution in [0, 0.1) is 0 Å². The second-order valence-electron chi connectivity index (χ2n) is 10.6. The number of pyridine rings is 1. The van der Waals surface area contributed by atoms with Gasteiger partial charge in [0.05, 0.1) is 35.0 Å². The number of aliphatic hydroxyl groups excluding tert-OH is 1. The minimum atomic E-state index is -0.580. The predicted molar refractivity (Wildman–Crippen MR) is 145 cm³/mol. The van der Waals surface area contributed by atoms with E-state index in [-0.39, 0.29) is 18.1 Å². The van der Waals surface area contributed by atoms with Gasteiger partial charge in [-0.2, -0.15) is 4.98 Å². The van der Waals surface area contributed by atoms with E-state index in [1.54, 1.807) is 18.3 Å². The number of hydrogen-bond acceptors (Lipinski definition) is 10. The minimum Gasteiger partial charge on any atom is -0.475 e. The number of aliphatic imine (C=N–C) groups is 1. The molecule has 0 bridgehead atoms. The maximum absolute atomic E-state index is 12.3. The predicted octanol–water partition coefficient (Wildman–Crippen LogP) is 3.07. The number of anilines is 3. The number of nitrogens with one attached hydrogen (secondary N) is 3. The summed E-state index contributed by atoms with van der Waals surface area (Å²) in [6.45, 7) is 5.45. The molecule has 4 N–H and O–H groups in total. The van der Waals surface area contributed by atoms with Crippen LogP contribution in [0.25, 0.3) is 0 Å². The van der Waals surface area contributed by atoms with Gasteiger partial charge in [-0.25, -0.2) is 15.0 Å². The van der Waals surface area contributed by atoms with E-state index in [9.17, 15) is 9.90 Å². The lowest BCUT2D eigenvalue weighted by Gasteiger charge is -2.28. The Balaban J connectivity index is 1.34. The van der Waals surface area contributed by atoms with Gasteiger partial charge in [0, 0.05) is 19.4 Å². The summed E-state index contributed by atoms with van der Waals surface area (Å²) in [5.74, 6) is 1.60. The van der Waals surface area contributed by atoms with E-state index in [0.717, 1.165) is 18.4 Å². The summed E-state index contributed by atoms with van der Waals surface area (Å²) in [4.78, 5) is 31.2. The maximum atomic E-state index is 12.3. The Morgan fingerprint density at radius 3 is 2.64 bits per heavy atom. The van der Waals surface area contributed by atoms with Gasteiger partial charge in [0.1, 0.15) is 23.8 Å². The fraction of sp³-hybridized carbons (Fsp3) is 0.393. The number of benzene rings is 1. The molecule has 0 aliphatic carbocycles. The summed E-state index contributed by atoms with van der Waals surface area (Å²) in [5.41, 5.74) is 1.85. The van der Waals surface area contributed by atoms with Crippen LogP contribution in [-0.4, -0.2) is 63.8 Å². The number of rotatable bonds is 7. The zero-order valence-electron chi connectivity index (χ0n) is 21.9. The van der Waals surface area contributed by atoms with Crippen molar-refractivity contribution in [2.75, 3.05) is 37.1 Å². The Morgan fingerprint density at radius 2 is 1.87 bits per heavy atom. The lowest BCUT2D eigenvalue weighted by Crippen LogP contribution is -2.35. The van der Waals surface area contributed by atoms with Gasteiger partial charge in [0.15, 0.2) is 0 Å². The molecule has 202 valence electrons. The Morgan fingerprint density at radius 1 is 1.08 bits per heavy atom. The van der Waals surface area contributed by atoms with Crippen LogP contribution in [0.2, 0.25) is 0 Å². The van der Waals surface area contributed by atoms with Crippen molar-refractivity contribution in [2.45, 2.75) is 43.8 Å². The molecule has 1 atom stereocenters. The van der Waals surface area contributed by atoms with E-state index < -0.39 is 11.6 Å². The van der Waals surface area contributed by atoms with Gasteiger partial charge in [0.25, 0.3) is 5.91 Å². The van der Waals surface area contributed by atoms with Crippen molar-refractivity contribution in [3.8, 4) is 0 Å². The normalized spacial score (nSPS) is 19.6. The Bertz CT molecular complexity index is 1420. The molecule has 0 radical (unpaired) electrons. The molecule has 39 heavy (non-hydrogen) atoms. The van der Waals surface area contributed by atoms with Gasteiger partial charge in [-0.15, -0.1) is 0 Å². The Kier molecular flexibility index (Phi) is 6.40. The van der Waals surface area contributed by atoms with E-state index >= 15 is 0 Å². The number of nitrogens with zero attached hydrogens (tertiary/aromatic N) is 4. The molecule has 3 aliphatic heterocycles. The zero-order valence-corrected chi connectivity index (χ0v) is 21.9. The highest BCUT2D eigenvalue weighted by atomic mass is 16.5. The number of carbonyl (C=O) groups is 1. The summed E-state index contributed by atoms with van der Waals surface area (Å²) in [7, 11) is 0. The third kappa shape index (κ3) is 4.90. The number of carbonyl (C=O) groups excluding carboxylic acids is 1. The monoisotopic (exact) mass is 529 g/mol. The Hall–Kier alpha value is -4.09. The minimum absolute atomic E-state index is 0.142. The second kappa shape index (κ2) is 9.90. The van der Waals surface area contributed by atoms with Crippen molar-refractivity contribution in [1.29, 1.82) is 0 Å². The van der Waals surface area contributed by atoms with E-state index in [4.69, 9.17) is 19.5 Å². The number of fused-ring (bicyclic) bond motifs is 1. The Labute approximate surface area is 226 Å². The number of aromatic nitrogens is 3. The molecular formula is C28H31N7O4. The molecule has 0 unspecified atom stereocenters. The quantitative estimate of drug-likeness (QED) is 0.363. The van der Waals surface area contributed by atoms with E-state index in [2.05, 4.69) is 25.9 Å². The maximum Gasteiger partial charge on any atom is 0.253 e. The van der Waals surface area contributed by atoms with Crippen LogP contribution < -0.4 is 16.0 Å². The first-order valence-electron chi connectivity index (χ1n) is 13.1. The van der Waals surface area contributed by atoms with Crippen molar-refractivity contribution in [3.05, 3.63) is 71.0 Å². The van der Waals surface area contributed by atoms with Gasteiger partial charge in [-0.1, -0.05) is 30.3 Å². The molecule has 11 nitrogen and oxygen atoms in total. The summed E-state index contributed by atoms with van der Waals surface area (Å²) < 4.78 is 11.6. The van der Waals surface area contributed by atoms with Crippen molar-refractivity contribution in [3.63, 3.8) is 0 Å². The van der Waals surface area contributed by atoms with Crippen LogP contribution in [0.1, 0.15) is 59.9 Å². The molecule has 1 spiro atoms. The third-order valence-electron chi connectivity index (χ3n) is 7.35. The summed E-state index contributed by atoms with van der Waals surface area (Å²) in [6, 6.07) is 12.7. The van der Waals surface area contributed by atoms with Crippen LogP contribution in [0.15, 0.2) is 53.7 Å². The first-order chi connectivity index (χ1) is 18.9. The first-order valence-corrected chi connectivity index (χ1v) is 13.1. The van der Waals surface area contributed by atoms with Gasteiger partial charge < -0.3 is 30.5 Å². The fourth-order valence-electron chi connectivity index (χ4n) is 5.13. The van der Waals surface area contributed by atoms with E-state index in [1.165, 1.54) is 0 Å². The lowest BCUT2D eigenvalue weighted by atomic mass is 9.92. The van der Waals surface area contributed by atoms with Crippen LogP contribution >= 0.6 is 0 Å². The summed E-state index contributed by atoms with van der Waals surface area (Å²) in [5, 5.41) is 19.7. The third-order valence-corrected chi connectivity index (χ3v) is 7.35. The van der Waals surface area contributed by atoms with Gasteiger partial charge in [-0.3, -0.25) is 4.79 Å². The van der Waals surface area contributed by atoms with Crippen LogP contribution in [0.3, 0.4) is 0 Å². The molecule has 3 aliphatic rings. The average Bonchev–Trinajstić information content (AvgIpc) is 3.44. The molecular weight excluding hydrogens is 498 g/mol. The summed E-state index contributed by atoms with van der Waals surface area (Å²) >= 11 is 0. The topological polar surface area (TPSA) is 143 Å². The standard InChI is InChI=1S/C28H31N7O4/c1-27(2)22-18(24(37)34-27)8-9-21(31-22)32-26-29-14-19(25-35-28(16-39-25)10-12-38-13-11-28)23(33-26)30-20(15-36)17-6-4-3-5-7-17/h3-9,14,20,36H,10-13,15-16H2,1-2H3,(H,34,37)(H2,29,30,31,32,33)/t20-/m1/s1. The van der Waals surface area contributed by atoms with Crippen LogP contribution in [0.4, 0.5) is 17.6 Å². The van der Waals surface area contributed by atoms with E-state index in [1.807, 2.05) is 44.2 Å². The number of ether oxygens (including phenoxy) is 2. The van der Waals surface area contributed by atoms with Crippen molar-refractivity contribution in [2.24, 2.45) is 4.99 Å². The highest BCUT2D eigenvalue weighted by Crippen LogP contribution is 2.34. The molecule has 2 aromatic heterocycles. The number of hydrogen-bond donors (Lipinski definition) is 4. The zero-order chi connectivity index (χ0) is 27.0. The van der Waals surface area contributed by atoms with Gasteiger partial charge in [-0.05, 0) is 44.4 Å². The molecule has 3 aromatic rings. The lowest BCUT2D eigenvalue weighted by molar-refractivity contribution is 0.0442. The number of aliphatic hydroxyl groups is 1. The highest BCUT2D eigenvalue weighted by Gasteiger charge is 2.40. The molecule has 0 saturated carbocycles. The van der Waals surface area contributed by atoms with Crippen LogP contribution in [-0.2, 0) is 15.0 Å². The number of amides is 1. The molecule has 1 saturated heterocycles. The molecule has 6 rings (SSSR count). The van der Waals surface area contributed by atoms with Crippen molar-refractivity contribution >= 4 is 29.4 Å². The van der Waals surface area contributed by atoms with E-state index in [0.29, 0.717) is 60.1 Å². The SMILES string of the molecule is CC1(C)NC(=O)c2ccc(Nc3ncc(C4=NC5(CCOCC5)CO4)c(N[C@H](CO)c4ccccc4)n3)nc21. The largest absolute Gasteiger partial charge is 0.475 e. The summed E-state index contributed by atoms with van der Waals surface area (Å²) in [6.07, 6.45) is 3.25. The van der Waals surface area contributed by atoms with Gasteiger partial charge in [0.2, 0.25) is 11.8 Å². The fourth-order valence-corrected chi connectivity index (χ4v) is 5.13. The smallest absolute Gasteiger partial charge is 0.253 e. The van der Waals surface area contributed by atoms with Crippen molar-refractivity contribution in [1.82, 2.24) is 20.3 Å². The molecule has 1 aromatic carbocycles. The first kappa shape index (κ1) is 25.2. The molecule has 5 heterocycles. The second-order valence-corrected chi connectivity index (χ2v) is 10.6. The average molecular weight is 530 g/mol. The molecule has 11 heteroatoms. The molecule has 1 amide bonds. The van der Waals surface area contributed by atoms with Crippen LogP contribution in [0.5, 0.6) is 0 Å².